The van der Waals surface area contributed by atoms with E-state index in [2.05, 4.69) is 6.92 Å². The van der Waals surface area contributed by atoms with Crippen LogP contribution in [0.5, 0.6) is 0 Å². The second-order valence-corrected chi connectivity index (χ2v) is 5.65. The third kappa shape index (κ3) is 15.5. The number of unbranched alkanes of at least 4 members (excludes halogenated alkanes) is 10. The van der Waals surface area contributed by atoms with Gasteiger partial charge in [0.25, 0.3) is 0 Å². The maximum Gasteiger partial charge on any atom is 0.305 e. The molecule has 3 nitrogen and oxygen atoms in total. The van der Waals surface area contributed by atoms with Gasteiger partial charge in [0, 0.05) is 6.42 Å². The highest BCUT2D eigenvalue weighted by molar-refractivity contribution is 5.69. The van der Waals surface area contributed by atoms with Crippen molar-refractivity contribution in [3.63, 3.8) is 0 Å². The lowest BCUT2D eigenvalue weighted by Crippen LogP contribution is -2.06. The highest BCUT2D eigenvalue weighted by atomic mass is 16.5. The van der Waals surface area contributed by atoms with Crippen LogP contribution >= 0.6 is 0 Å². The van der Waals surface area contributed by atoms with Crippen molar-refractivity contribution in [2.45, 2.75) is 90.4 Å². The summed E-state index contributed by atoms with van der Waals surface area (Å²) in [5.74, 6) is -0.0402. The fourth-order valence-corrected chi connectivity index (χ4v) is 2.26. The Morgan fingerprint density at radius 1 is 0.800 bits per heavy atom. The topological polar surface area (TPSA) is 52.3 Å². The van der Waals surface area contributed by atoms with Crippen molar-refractivity contribution in [2.24, 2.45) is 5.73 Å². The quantitative estimate of drug-likeness (QED) is 0.354. The summed E-state index contributed by atoms with van der Waals surface area (Å²) in [7, 11) is 0. The molecule has 0 fully saturated rings. The minimum absolute atomic E-state index is 0.0402. The van der Waals surface area contributed by atoms with E-state index in [0.717, 1.165) is 25.7 Å². The van der Waals surface area contributed by atoms with Crippen LogP contribution in [0.15, 0.2) is 0 Å². The molecule has 0 aliphatic carbocycles. The van der Waals surface area contributed by atoms with Gasteiger partial charge in [-0.15, -0.1) is 0 Å². The van der Waals surface area contributed by atoms with Gasteiger partial charge in [0.05, 0.1) is 6.61 Å². The van der Waals surface area contributed by atoms with Crippen LogP contribution in [0.1, 0.15) is 90.4 Å². The van der Waals surface area contributed by atoms with Crippen molar-refractivity contribution < 1.29 is 9.53 Å². The lowest BCUT2D eigenvalue weighted by Gasteiger charge is -2.05. The van der Waals surface area contributed by atoms with Crippen molar-refractivity contribution in [1.29, 1.82) is 0 Å². The molecule has 0 aromatic heterocycles. The molecule has 120 valence electrons. The Balaban J connectivity index is 3.09. The third-order valence-electron chi connectivity index (χ3n) is 3.60. The Hall–Kier alpha value is -0.570. The van der Waals surface area contributed by atoms with Crippen LogP contribution in [0, 0.1) is 0 Å². The molecule has 0 aliphatic heterocycles. The molecule has 20 heavy (non-hydrogen) atoms. The number of carbonyl (C=O) groups is 1. The van der Waals surface area contributed by atoms with E-state index < -0.39 is 0 Å². The summed E-state index contributed by atoms with van der Waals surface area (Å²) >= 11 is 0. The van der Waals surface area contributed by atoms with Crippen LogP contribution in [-0.2, 0) is 9.53 Å². The number of rotatable bonds is 15. The Morgan fingerprint density at radius 3 is 1.95 bits per heavy atom. The molecule has 0 aromatic rings. The first kappa shape index (κ1) is 19.4. The van der Waals surface area contributed by atoms with Gasteiger partial charge < -0.3 is 10.5 Å². The van der Waals surface area contributed by atoms with Gasteiger partial charge in [-0.1, -0.05) is 64.7 Å². The Kier molecular flexibility index (Phi) is 16.0. The van der Waals surface area contributed by atoms with Crippen molar-refractivity contribution in [3.05, 3.63) is 0 Å². The van der Waals surface area contributed by atoms with Crippen LogP contribution in [0.3, 0.4) is 0 Å². The molecule has 0 spiro atoms. The summed E-state index contributed by atoms with van der Waals surface area (Å²) in [6, 6.07) is 0. The van der Waals surface area contributed by atoms with Crippen molar-refractivity contribution in [3.8, 4) is 0 Å². The number of hydrogen-bond donors (Lipinski definition) is 1. The van der Waals surface area contributed by atoms with Gasteiger partial charge in [0.2, 0.25) is 0 Å². The smallest absolute Gasteiger partial charge is 0.305 e. The maximum atomic E-state index is 11.4. The zero-order valence-electron chi connectivity index (χ0n) is 13.5. The number of esters is 1. The highest BCUT2D eigenvalue weighted by Gasteiger charge is 2.01. The number of ether oxygens (including phenoxy) is 1. The monoisotopic (exact) mass is 285 g/mol. The first-order valence-electron chi connectivity index (χ1n) is 8.67. The van der Waals surface area contributed by atoms with Crippen LogP contribution < -0.4 is 5.73 Å². The van der Waals surface area contributed by atoms with Gasteiger partial charge in [-0.3, -0.25) is 4.79 Å². The standard InChI is InChI=1S/C17H35NO2/c1-2-3-4-5-6-7-8-9-13-16-20-17(19)14-11-10-12-15-18/h2-16,18H2,1H3. The average Bonchev–Trinajstić information content (AvgIpc) is 2.45. The van der Waals surface area contributed by atoms with E-state index in [4.69, 9.17) is 10.5 Å². The molecule has 0 aromatic carbocycles. The van der Waals surface area contributed by atoms with Crippen LogP contribution in [-0.4, -0.2) is 19.1 Å². The van der Waals surface area contributed by atoms with E-state index in [0.29, 0.717) is 19.6 Å². The normalized spacial score (nSPS) is 10.7. The first-order valence-corrected chi connectivity index (χ1v) is 8.67. The maximum absolute atomic E-state index is 11.4. The van der Waals surface area contributed by atoms with Gasteiger partial charge in [-0.05, 0) is 25.8 Å². The average molecular weight is 285 g/mol. The van der Waals surface area contributed by atoms with Gasteiger partial charge in [-0.25, -0.2) is 0 Å². The molecule has 0 unspecified atom stereocenters. The minimum atomic E-state index is -0.0402. The fourth-order valence-electron chi connectivity index (χ4n) is 2.26. The van der Waals surface area contributed by atoms with Crippen LogP contribution in [0.2, 0.25) is 0 Å². The summed E-state index contributed by atoms with van der Waals surface area (Å²) in [5.41, 5.74) is 5.40. The van der Waals surface area contributed by atoms with Gasteiger partial charge in [-0.2, -0.15) is 0 Å². The second kappa shape index (κ2) is 16.5. The number of hydrogen-bond acceptors (Lipinski definition) is 3. The molecule has 0 atom stereocenters. The predicted octanol–water partition coefficient (Wildman–Crippen LogP) is 4.58. The minimum Gasteiger partial charge on any atom is -0.466 e. The Morgan fingerprint density at radius 2 is 1.35 bits per heavy atom. The number of nitrogens with two attached hydrogens (primary N) is 1. The molecular weight excluding hydrogens is 250 g/mol. The van der Waals surface area contributed by atoms with Crippen molar-refractivity contribution in [2.75, 3.05) is 13.2 Å². The third-order valence-corrected chi connectivity index (χ3v) is 3.60. The lowest BCUT2D eigenvalue weighted by molar-refractivity contribution is -0.143. The molecule has 0 saturated heterocycles. The second-order valence-electron chi connectivity index (χ2n) is 5.65. The fraction of sp³-hybridized carbons (Fsp3) is 0.941. The van der Waals surface area contributed by atoms with E-state index in [1.54, 1.807) is 0 Å². The summed E-state index contributed by atoms with van der Waals surface area (Å²) in [4.78, 5) is 11.4. The molecule has 0 saturated carbocycles. The summed E-state index contributed by atoms with van der Waals surface area (Å²) in [5, 5.41) is 0. The molecule has 0 aliphatic rings. The van der Waals surface area contributed by atoms with Crippen LogP contribution in [0.25, 0.3) is 0 Å². The molecule has 0 rings (SSSR count). The predicted molar refractivity (Wildman–Crippen MR) is 85.7 cm³/mol. The Bertz CT molecular complexity index is 207. The molecule has 0 amide bonds. The summed E-state index contributed by atoms with van der Waals surface area (Å²) in [6.07, 6.45) is 15.1. The van der Waals surface area contributed by atoms with Gasteiger partial charge in [0.1, 0.15) is 0 Å². The SMILES string of the molecule is CCCCCCCCCCCOC(=O)CCCCCN. The summed E-state index contributed by atoms with van der Waals surface area (Å²) < 4.78 is 5.21. The lowest BCUT2D eigenvalue weighted by atomic mass is 10.1. The molecule has 2 N–H and O–H groups in total. The van der Waals surface area contributed by atoms with Crippen molar-refractivity contribution >= 4 is 5.97 Å². The van der Waals surface area contributed by atoms with E-state index in [9.17, 15) is 4.79 Å². The van der Waals surface area contributed by atoms with Gasteiger partial charge >= 0.3 is 5.97 Å². The van der Waals surface area contributed by atoms with E-state index >= 15 is 0 Å². The zero-order valence-corrected chi connectivity index (χ0v) is 13.5. The first-order chi connectivity index (χ1) is 9.81. The van der Waals surface area contributed by atoms with Gasteiger partial charge in [0.15, 0.2) is 0 Å². The van der Waals surface area contributed by atoms with E-state index in [-0.39, 0.29) is 5.97 Å². The highest BCUT2D eigenvalue weighted by Crippen LogP contribution is 2.09. The largest absolute Gasteiger partial charge is 0.466 e. The molecule has 0 bridgehead atoms. The van der Waals surface area contributed by atoms with E-state index in [1.165, 1.54) is 51.4 Å². The molecule has 3 heteroatoms. The summed E-state index contributed by atoms with van der Waals surface area (Å²) in [6.45, 7) is 3.57. The zero-order chi connectivity index (χ0) is 14.9. The Labute approximate surface area is 125 Å². The molecule has 0 heterocycles. The molecule has 0 radical (unpaired) electrons. The number of carbonyl (C=O) groups excluding carboxylic acids is 1. The van der Waals surface area contributed by atoms with Crippen molar-refractivity contribution in [1.82, 2.24) is 0 Å². The van der Waals surface area contributed by atoms with Crippen LogP contribution in [0.4, 0.5) is 0 Å². The molecular formula is C17H35NO2. The van der Waals surface area contributed by atoms with E-state index in [1.807, 2.05) is 0 Å².